The highest BCUT2D eigenvalue weighted by Gasteiger charge is 2.30. The van der Waals surface area contributed by atoms with E-state index in [0.29, 0.717) is 0 Å². The molecule has 136 valence electrons. The van der Waals surface area contributed by atoms with Crippen molar-refractivity contribution in [2.75, 3.05) is 18.4 Å². The number of halogens is 2. The lowest BCUT2D eigenvalue weighted by molar-refractivity contribution is -0.130. The Hall–Kier alpha value is -1.89. The Balaban J connectivity index is 0.00000156. The first kappa shape index (κ1) is 21.2. The molecule has 1 amide bonds. The average Bonchev–Trinajstić information content (AvgIpc) is 3.06. The van der Waals surface area contributed by atoms with Gasteiger partial charge in [0.05, 0.1) is 18.3 Å². The average molecular weight is 384 g/mol. The number of nitrogens with two attached hydrogens (primary N) is 1. The van der Waals surface area contributed by atoms with E-state index in [9.17, 15) is 4.79 Å². The van der Waals surface area contributed by atoms with Crippen LogP contribution < -0.4 is 11.1 Å². The van der Waals surface area contributed by atoms with Crippen LogP contribution in [0.4, 0.5) is 11.6 Å². The molecule has 3 heterocycles. The maximum Gasteiger partial charge on any atom is 0.236 e. The Morgan fingerprint density at radius 2 is 2.12 bits per heavy atom. The van der Waals surface area contributed by atoms with Crippen molar-refractivity contribution in [3.63, 3.8) is 0 Å². The fraction of sp³-hybridized carbons (Fsp3) is 0.353. The molecule has 0 saturated carbocycles. The molecule has 2 aromatic heterocycles. The summed E-state index contributed by atoms with van der Waals surface area (Å²) in [6, 6.07) is 9.73. The predicted molar refractivity (Wildman–Crippen MR) is 104 cm³/mol. The standard InChI is InChI=1S/C17H21N5O.2ClH/c1-12-5-3-9-19-17(12)21-15-8-2-6-13(20-15)14-7-4-10-22(14)16(23)11-18;;/h2-3,5-6,8-9,14H,4,7,10-11,18H2,1H3,(H,19,20,21);2*1H. The van der Waals surface area contributed by atoms with E-state index >= 15 is 0 Å². The summed E-state index contributed by atoms with van der Waals surface area (Å²) in [6.45, 7) is 2.79. The summed E-state index contributed by atoms with van der Waals surface area (Å²) in [4.78, 5) is 22.8. The molecule has 1 saturated heterocycles. The van der Waals surface area contributed by atoms with Gasteiger partial charge in [-0.25, -0.2) is 9.97 Å². The van der Waals surface area contributed by atoms with Crippen LogP contribution >= 0.6 is 24.8 Å². The number of carbonyl (C=O) groups excluding carboxylic acids is 1. The van der Waals surface area contributed by atoms with E-state index in [4.69, 9.17) is 5.73 Å². The van der Waals surface area contributed by atoms with Gasteiger partial charge in [0.1, 0.15) is 11.6 Å². The molecule has 2 aromatic rings. The summed E-state index contributed by atoms with van der Waals surface area (Å²) in [6.07, 6.45) is 3.65. The third-order valence-electron chi connectivity index (χ3n) is 4.12. The van der Waals surface area contributed by atoms with E-state index in [2.05, 4.69) is 15.3 Å². The number of nitrogens with zero attached hydrogens (tertiary/aromatic N) is 3. The van der Waals surface area contributed by atoms with Gasteiger partial charge in [-0.3, -0.25) is 4.79 Å². The molecule has 3 N–H and O–H groups in total. The van der Waals surface area contributed by atoms with Gasteiger partial charge in [0.25, 0.3) is 0 Å². The Kier molecular flexibility index (Phi) is 8.09. The number of hydrogen-bond acceptors (Lipinski definition) is 5. The maximum atomic E-state index is 12.0. The van der Waals surface area contributed by atoms with Crippen LogP contribution in [-0.4, -0.2) is 33.9 Å². The lowest BCUT2D eigenvalue weighted by Crippen LogP contribution is -2.35. The molecule has 6 nitrogen and oxygen atoms in total. The van der Waals surface area contributed by atoms with Crippen LogP contribution in [-0.2, 0) is 4.79 Å². The van der Waals surface area contributed by atoms with Gasteiger partial charge in [0, 0.05) is 12.7 Å². The summed E-state index contributed by atoms with van der Waals surface area (Å²) < 4.78 is 0. The molecule has 0 bridgehead atoms. The zero-order valence-electron chi connectivity index (χ0n) is 14.0. The summed E-state index contributed by atoms with van der Waals surface area (Å²) in [5.74, 6) is 1.50. The van der Waals surface area contributed by atoms with Gasteiger partial charge in [-0.05, 0) is 43.5 Å². The first-order chi connectivity index (χ1) is 11.2. The van der Waals surface area contributed by atoms with Crippen molar-refractivity contribution in [3.8, 4) is 0 Å². The summed E-state index contributed by atoms with van der Waals surface area (Å²) in [5, 5.41) is 3.24. The van der Waals surface area contributed by atoms with Gasteiger partial charge >= 0.3 is 0 Å². The molecule has 0 spiro atoms. The van der Waals surface area contributed by atoms with E-state index in [-0.39, 0.29) is 43.3 Å². The van der Waals surface area contributed by atoms with Crippen LogP contribution in [0.5, 0.6) is 0 Å². The molecule has 1 atom stereocenters. The Bertz CT molecular complexity index is 713. The molecule has 1 aliphatic rings. The van der Waals surface area contributed by atoms with Crippen molar-refractivity contribution in [2.24, 2.45) is 5.73 Å². The van der Waals surface area contributed by atoms with Crippen molar-refractivity contribution < 1.29 is 4.79 Å². The summed E-state index contributed by atoms with van der Waals surface area (Å²) in [5.41, 5.74) is 7.46. The quantitative estimate of drug-likeness (QED) is 0.847. The SMILES string of the molecule is Cc1cccnc1Nc1cccc(C2CCCN2C(=O)CN)n1.Cl.Cl. The largest absolute Gasteiger partial charge is 0.333 e. The van der Waals surface area contributed by atoms with E-state index in [1.807, 2.05) is 42.2 Å². The lowest BCUT2D eigenvalue weighted by Gasteiger charge is -2.24. The molecule has 3 rings (SSSR count). The van der Waals surface area contributed by atoms with Crippen LogP contribution in [0.3, 0.4) is 0 Å². The first-order valence-corrected chi connectivity index (χ1v) is 7.84. The van der Waals surface area contributed by atoms with Crippen molar-refractivity contribution in [1.82, 2.24) is 14.9 Å². The molecule has 0 aromatic carbocycles. The Labute approximate surface area is 160 Å². The van der Waals surface area contributed by atoms with E-state index < -0.39 is 0 Å². The minimum Gasteiger partial charge on any atom is -0.333 e. The minimum atomic E-state index is -0.0202. The van der Waals surface area contributed by atoms with Crippen LogP contribution in [0.25, 0.3) is 0 Å². The topological polar surface area (TPSA) is 84.1 Å². The molecule has 0 radical (unpaired) electrons. The Morgan fingerprint density at radius 1 is 1.32 bits per heavy atom. The van der Waals surface area contributed by atoms with Crippen molar-refractivity contribution in [2.45, 2.75) is 25.8 Å². The van der Waals surface area contributed by atoms with E-state index in [1.165, 1.54) is 0 Å². The second-order valence-corrected chi connectivity index (χ2v) is 5.69. The number of pyridine rings is 2. The Morgan fingerprint density at radius 3 is 2.84 bits per heavy atom. The number of rotatable bonds is 4. The third-order valence-corrected chi connectivity index (χ3v) is 4.12. The molecule has 8 heteroatoms. The predicted octanol–water partition coefficient (Wildman–Crippen LogP) is 2.99. The number of aryl methyl sites for hydroxylation is 1. The highest BCUT2D eigenvalue weighted by atomic mass is 35.5. The van der Waals surface area contributed by atoms with Gasteiger partial charge in [-0.15, -0.1) is 24.8 Å². The molecule has 1 unspecified atom stereocenters. The molecule has 1 fully saturated rings. The molecular formula is C17H23Cl2N5O. The molecule has 1 aliphatic heterocycles. The van der Waals surface area contributed by atoms with Crippen LogP contribution in [0, 0.1) is 6.92 Å². The lowest BCUT2D eigenvalue weighted by atomic mass is 10.1. The molecule has 25 heavy (non-hydrogen) atoms. The maximum absolute atomic E-state index is 12.0. The minimum absolute atomic E-state index is 0. The van der Waals surface area contributed by atoms with Gasteiger partial charge in [-0.2, -0.15) is 0 Å². The number of anilines is 2. The third kappa shape index (κ3) is 4.81. The first-order valence-electron chi connectivity index (χ1n) is 7.84. The second-order valence-electron chi connectivity index (χ2n) is 5.69. The van der Waals surface area contributed by atoms with Crippen LogP contribution in [0.15, 0.2) is 36.5 Å². The van der Waals surface area contributed by atoms with Gasteiger partial charge in [0.2, 0.25) is 5.91 Å². The fourth-order valence-electron chi connectivity index (χ4n) is 2.93. The smallest absolute Gasteiger partial charge is 0.236 e. The van der Waals surface area contributed by atoms with Crippen molar-refractivity contribution >= 4 is 42.4 Å². The van der Waals surface area contributed by atoms with Gasteiger partial charge in [-0.1, -0.05) is 12.1 Å². The normalized spacial score (nSPS) is 15.9. The van der Waals surface area contributed by atoms with Gasteiger partial charge < -0.3 is 16.0 Å². The summed E-state index contributed by atoms with van der Waals surface area (Å²) in [7, 11) is 0. The number of amides is 1. The number of likely N-dealkylation sites (tertiary alicyclic amines) is 1. The van der Waals surface area contributed by atoms with Crippen LogP contribution in [0.2, 0.25) is 0 Å². The number of aromatic nitrogens is 2. The second kappa shape index (κ2) is 9.56. The monoisotopic (exact) mass is 383 g/mol. The fourth-order valence-corrected chi connectivity index (χ4v) is 2.93. The highest BCUT2D eigenvalue weighted by Crippen LogP contribution is 2.31. The van der Waals surface area contributed by atoms with Crippen LogP contribution in [0.1, 0.15) is 30.1 Å². The summed E-state index contributed by atoms with van der Waals surface area (Å²) >= 11 is 0. The van der Waals surface area contributed by atoms with Gasteiger partial charge in [0.15, 0.2) is 0 Å². The van der Waals surface area contributed by atoms with Crippen molar-refractivity contribution in [3.05, 3.63) is 47.8 Å². The molecular weight excluding hydrogens is 361 g/mol. The zero-order chi connectivity index (χ0) is 16.2. The van der Waals surface area contributed by atoms with Crippen molar-refractivity contribution in [1.29, 1.82) is 0 Å². The van der Waals surface area contributed by atoms with E-state index in [1.54, 1.807) is 6.20 Å². The molecule has 0 aliphatic carbocycles. The van der Waals surface area contributed by atoms with E-state index in [0.717, 1.165) is 42.3 Å². The zero-order valence-corrected chi connectivity index (χ0v) is 15.6. The number of carbonyl (C=O) groups is 1. The highest BCUT2D eigenvalue weighted by molar-refractivity contribution is 5.85. The number of hydrogen-bond donors (Lipinski definition) is 2. The number of nitrogens with one attached hydrogen (secondary N) is 1.